The molecule has 0 radical (unpaired) electrons. The van der Waals surface area contributed by atoms with Crippen LogP contribution in [-0.4, -0.2) is 18.5 Å². The number of carbonyl (C=O) groups excluding carboxylic acids is 1. The molecule has 5 heteroatoms. The minimum atomic E-state index is -0.00776. The summed E-state index contributed by atoms with van der Waals surface area (Å²) in [5.41, 5.74) is 0. The van der Waals surface area contributed by atoms with Crippen molar-refractivity contribution in [3.63, 3.8) is 0 Å². The van der Waals surface area contributed by atoms with Crippen LogP contribution in [0.25, 0.3) is 0 Å². The lowest BCUT2D eigenvalue weighted by Gasteiger charge is -2.10. The minimum Gasteiger partial charge on any atom is -0.378 e. The maximum absolute atomic E-state index is 12.1. The number of ether oxygens (including phenoxy) is 1. The predicted molar refractivity (Wildman–Crippen MR) is 64.9 cm³/mol. The summed E-state index contributed by atoms with van der Waals surface area (Å²) < 4.78 is 6.81. The third-order valence-corrected chi connectivity index (χ3v) is 5.09. The van der Waals surface area contributed by atoms with Gasteiger partial charge >= 0.3 is 0 Å². The lowest BCUT2D eigenvalue weighted by Crippen LogP contribution is -2.20. The van der Waals surface area contributed by atoms with E-state index in [-0.39, 0.29) is 17.8 Å². The summed E-state index contributed by atoms with van der Waals surface area (Å²) in [4.78, 5) is 12.8. The molecule has 2 unspecified atom stereocenters. The Morgan fingerprint density at radius 3 is 2.93 bits per heavy atom. The van der Waals surface area contributed by atoms with Crippen molar-refractivity contribution in [2.24, 2.45) is 5.92 Å². The molecule has 1 aromatic rings. The largest absolute Gasteiger partial charge is 0.378 e. The first-order valence-corrected chi connectivity index (χ1v) is 6.69. The summed E-state index contributed by atoms with van der Waals surface area (Å²) in [5.74, 6) is 0.143. The van der Waals surface area contributed by atoms with Crippen molar-refractivity contribution in [2.45, 2.75) is 19.4 Å². The van der Waals surface area contributed by atoms with Gasteiger partial charge in [-0.3, -0.25) is 4.79 Å². The minimum absolute atomic E-state index is 0.00776. The summed E-state index contributed by atoms with van der Waals surface area (Å²) in [6.07, 6.45) is 0.838. The summed E-state index contributed by atoms with van der Waals surface area (Å²) in [7, 11) is 0. The van der Waals surface area contributed by atoms with Gasteiger partial charge in [0.05, 0.1) is 16.9 Å². The van der Waals surface area contributed by atoms with E-state index in [0.29, 0.717) is 15.8 Å². The second-order valence-electron chi connectivity index (χ2n) is 3.57. The number of hydrogen-bond acceptors (Lipinski definition) is 3. The molecule has 0 bridgehead atoms. The maximum Gasteiger partial charge on any atom is 0.178 e. The quantitative estimate of drug-likeness (QED) is 0.777. The molecule has 1 saturated heterocycles. The van der Waals surface area contributed by atoms with Crippen molar-refractivity contribution in [3.05, 3.63) is 19.8 Å². The highest BCUT2D eigenvalue weighted by Crippen LogP contribution is 2.35. The molecule has 0 spiro atoms. The van der Waals surface area contributed by atoms with Crippen LogP contribution in [0.5, 0.6) is 0 Å². The summed E-state index contributed by atoms with van der Waals surface area (Å²) >= 11 is 10.5. The van der Waals surface area contributed by atoms with E-state index < -0.39 is 0 Å². The molecule has 0 aliphatic carbocycles. The van der Waals surface area contributed by atoms with Crippen LogP contribution in [-0.2, 0) is 4.74 Å². The van der Waals surface area contributed by atoms with Crippen LogP contribution in [0.3, 0.4) is 0 Å². The van der Waals surface area contributed by atoms with Crippen LogP contribution in [0.4, 0.5) is 0 Å². The zero-order chi connectivity index (χ0) is 11.0. The van der Waals surface area contributed by atoms with Gasteiger partial charge in [-0.1, -0.05) is 11.6 Å². The van der Waals surface area contributed by atoms with Crippen molar-refractivity contribution in [2.75, 3.05) is 6.61 Å². The first-order valence-electron chi connectivity index (χ1n) is 4.70. The Morgan fingerprint density at radius 1 is 1.73 bits per heavy atom. The number of thiophene rings is 1. The molecule has 82 valence electrons. The first-order chi connectivity index (χ1) is 7.09. The Kier molecular flexibility index (Phi) is 3.50. The summed E-state index contributed by atoms with van der Waals surface area (Å²) in [6.45, 7) is 2.62. The molecular formula is C10H10BrClO2S. The average Bonchev–Trinajstić information content (AvgIpc) is 2.74. The molecule has 15 heavy (non-hydrogen) atoms. The van der Waals surface area contributed by atoms with E-state index in [2.05, 4.69) is 15.9 Å². The van der Waals surface area contributed by atoms with E-state index in [9.17, 15) is 4.79 Å². The fourth-order valence-corrected chi connectivity index (χ4v) is 3.43. The topological polar surface area (TPSA) is 26.3 Å². The molecule has 2 atom stereocenters. The molecular weight excluding hydrogens is 300 g/mol. The highest BCUT2D eigenvalue weighted by Gasteiger charge is 2.32. The standard InChI is InChI=1S/C10H10BrClO2S/c1-5-6(2-3-14-5)9(13)8-4-7(11)10(12)15-8/h4-6H,2-3H2,1H3. The molecule has 2 nitrogen and oxygen atoms in total. The highest BCUT2D eigenvalue weighted by atomic mass is 79.9. The van der Waals surface area contributed by atoms with Gasteiger partial charge in [0.1, 0.15) is 4.34 Å². The second-order valence-corrected chi connectivity index (χ2v) is 6.08. The van der Waals surface area contributed by atoms with Crippen LogP contribution in [0.2, 0.25) is 4.34 Å². The molecule has 0 aromatic carbocycles. The van der Waals surface area contributed by atoms with Crippen LogP contribution in [0.15, 0.2) is 10.5 Å². The number of hydrogen-bond donors (Lipinski definition) is 0. The molecule has 2 rings (SSSR count). The predicted octanol–water partition coefficient (Wildman–Crippen LogP) is 3.77. The molecule has 0 saturated carbocycles. The van der Waals surface area contributed by atoms with Crippen LogP contribution < -0.4 is 0 Å². The fourth-order valence-electron chi connectivity index (χ4n) is 1.73. The van der Waals surface area contributed by atoms with E-state index in [4.69, 9.17) is 16.3 Å². The van der Waals surface area contributed by atoms with Crippen LogP contribution in [0, 0.1) is 5.92 Å². The molecule has 1 aliphatic rings. The molecule has 0 N–H and O–H groups in total. The molecule has 1 aliphatic heterocycles. The number of Topliss-reactive ketones (excluding diaryl/α,β-unsaturated/α-hetero) is 1. The summed E-state index contributed by atoms with van der Waals surface area (Å²) in [6, 6.07) is 1.79. The Labute approximate surface area is 106 Å². The zero-order valence-electron chi connectivity index (χ0n) is 8.13. The zero-order valence-corrected chi connectivity index (χ0v) is 11.3. The third kappa shape index (κ3) is 2.28. The smallest absolute Gasteiger partial charge is 0.178 e. The Morgan fingerprint density at radius 2 is 2.47 bits per heavy atom. The maximum atomic E-state index is 12.1. The lowest BCUT2D eigenvalue weighted by atomic mass is 9.96. The van der Waals surface area contributed by atoms with E-state index in [0.717, 1.165) is 10.9 Å². The van der Waals surface area contributed by atoms with Crippen molar-refractivity contribution in [1.82, 2.24) is 0 Å². The van der Waals surface area contributed by atoms with E-state index >= 15 is 0 Å². The van der Waals surface area contributed by atoms with Crippen molar-refractivity contribution in [3.8, 4) is 0 Å². The van der Waals surface area contributed by atoms with E-state index in [1.165, 1.54) is 11.3 Å². The van der Waals surface area contributed by atoms with E-state index in [1.807, 2.05) is 6.92 Å². The number of ketones is 1. The van der Waals surface area contributed by atoms with Crippen molar-refractivity contribution < 1.29 is 9.53 Å². The Hall–Kier alpha value is 0.1000. The van der Waals surface area contributed by atoms with Gasteiger partial charge in [0.2, 0.25) is 0 Å². The Balaban J connectivity index is 2.20. The van der Waals surface area contributed by atoms with Crippen molar-refractivity contribution >= 4 is 44.7 Å². The van der Waals surface area contributed by atoms with Gasteiger partial charge in [0, 0.05) is 11.1 Å². The van der Waals surface area contributed by atoms with Crippen molar-refractivity contribution in [1.29, 1.82) is 0 Å². The van der Waals surface area contributed by atoms with Gasteiger partial charge in [0.25, 0.3) is 0 Å². The Bertz CT molecular complexity index is 371. The first kappa shape index (κ1) is 11.6. The summed E-state index contributed by atoms with van der Waals surface area (Å²) in [5, 5.41) is 0. The lowest BCUT2D eigenvalue weighted by molar-refractivity contribution is 0.0768. The van der Waals surface area contributed by atoms with Crippen LogP contribution in [0.1, 0.15) is 23.0 Å². The molecule has 1 aromatic heterocycles. The number of halogens is 2. The third-order valence-electron chi connectivity index (χ3n) is 2.60. The van der Waals surface area contributed by atoms with Gasteiger partial charge < -0.3 is 4.74 Å². The molecule has 2 heterocycles. The van der Waals surface area contributed by atoms with Gasteiger partial charge in [0.15, 0.2) is 5.78 Å². The SMILES string of the molecule is CC1OCCC1C(=O)c1cc(Br)c(Cl)s1. The second kappa shape index (κ2) is 4.53. The van der Waals surface area contributed by atoms with E-state index in [1.54, 1.807) is 6.07 Å². The van der Waals surface area contributed by atoms with Gasteiger partial charge in [-0.25, -0.2) is 0 Å². The van der Waals surface area contributed by atoms with Crippen LogP contribution >= 0.6 is 38.9 Å². The monoisotopic (exact) mass is 308 g/mol. The molecule has 0 amide bonds. The molecule has 1 fully saturated rings. The number of carbonyl (C=O) groups is 1. The normalized spacial score (nSPS) is 25.8. The highest BCUT2D eigenvalue weighted by molar-refractivity contribution is 9.10. The average molecular weight is 310 g/mol. The number of rotatable bonds is 2. The van der Waals surface area contributed by atoms with Gasteiger partial charge in [-0.15, -0.1) is 11.3 Å². The van der Waals surface area contributed by atoms with Gasteiger partial charge in [-0.05, 0) is 35.3 Å². The fraction of sp³-hybridized carbons (Fsp3) is 0.500. The van der Waals surface area contributed by atoms with Gasteiger partial charge in [-0.2, -0.15) is 0 Å².